The first-order chi connectivity index (χ1) is 8.54. The lowest BCUT2D eigenvalue weighted by atomic mass is 10.3. The van der Waals surface area contributed by atoms with Crippen LogP contribution in [-0.4, -0.2) is 9.78 Å². The quantitative estimate of drug-likeness (QED) is 0.839. The number of halogens is 4. The molecule has 0 unspecified atom stereocenters. The van der Waals surface area contributed by atoms with Crippen molar-refractivity contribution in [3.05, 3.63) is 46.5 Å². The Morgan fingerprint density at radius 3 is 2.33 bits per heavy atom. The van der Waals surface area contributed by atoms with Gasteiger partial charge in [0.25, 0.3) is 6.43 Å². The van der Waals surface area contributed by atoms with Gasteiger partial charge in [0.2, 0.25) is 0 Å². The molecule has 0 aliphatic carbocycles. The number of alkyl halides is 2. The number of benzene rings is 1. The Hall–Kier alpha value is -2.00. The monoisotopic (exact) mass is 271 g/mol. The third kappa shape index (κ3) is 2.05. The molecule has 3 nitrogen and oxygen atoms in total. The van der Waals surface area contributed by atoms with Crippen LogP contribution >= 0.6 is 11.6 Å². The molecular weight excluding hydrogens is 267 g/mol. The molecule has 0 amide bonds. The van der Waals surface area contributed by atoms with Gasteiger partial charge in [0.15, 0.2) is 5.15 Å². The van der Waals surface area contributed by atoms with Gasteiger partial charge in [0.1, 0.15) is 23.1 Å². The molecule has 0 aliphatic heterocycles. The Labute approximate surface area is 105 Å². The third-order valence-electron chi connectivity index (χ3n) is 2.25. The number of aromatic nitrogens is 2. The lowest BCUT2D eigenvalue weighted by Gasteiger charge is -2.02. The fourth-order valence-electron chi connectivity index (χ4n) is 1.42. The maximum atomic E-state index is 12.7. The van der Waals surface area contributed by atoms with E-state index in [-0.39, 0.29) is 10.7 Å². The van der Waals surface area contributed by atoms with Crippen molar-refractivity contribution in [3.63, 3.8) is 0 Å². The van der Waals surface area contributed by atoms with E-state index in [0.717, 1.165) is 16.8 Å². The summed E-state index contributed by atoms with van der Waals surface area (Å²) < 4.78 is 39.0. The zero-order valence-electron chi connectivity index (χ0n) is 8.74. The smallest absolute Gasteiger partial charge is 0.220 e. The van der Waals surface area contributed by atoms with Crippen molar-refractivity contribution in [2.24, 2.45) is 0 Å². The van der Waals surface area contributed by atoms with Gasteiger partial charge in [-0.3, -0.25) is 0 Å². The summed E-state index contributed by atoms with van der Waals surface area (Å²) in [5.74, 6) is -0.475. The largest absolute Gasteiger partial charge is 0.283 e. The molecule has 0 radical (unpaired) electrons. The highest BCUT2D eigenvalue weighted by molar-refractivity contribution is 6.31. The summed E-state index contributed by atoms with van der Waals surface area (Å²) in [5.41, 5.74) is -0.771. The van der Waals surface area contributed by atoms with Gasteiger partial charge >= 0.3 is 0 Å². The Morgan fingerprint density at radius 2 is 1.89 bits per heavy atom. The van der Waals surface area contributed by atoms with Crippen molar-refractivity contribution in [1.29, 1.82) is 5.26 Å². The molecule has 0 saturated heterocycles. The lowest BCUT2D eigenvalue weighted by Crippen LogP contribution is -1.97. The summed E-state index contributed by atoms with van der Waals surface area (Å²) in [5, 5.41) is 12.1. The van der Waals surface area contributed by atoms with Gasteiger partial charge in [-0.05, 0) is 24.3 Å². The van der Waals surface area contributed by atoms with E-state index in [9.17, 15) is 13.2 Å². The number of rotatable bonds is 2. The van der Waals surface area contributed by atoms with E-state index in [1.54, 1.807) is 6.07 Å². The molecule has 0 fully saturated rings. The number of hydrogen-bond donors (Lipinski definition) is 0. The first kappa shape index (κ1) is 12.5. The number of hydrogen-bond acceptors (Lipinski definition) is 2. The second-order valence-electron chi connectivity index (χ2n) is 3.35. The zero-order valence-corrected chi connectivity index (χ0v) is 9.50. The summed E-state index contributed by atoms with van der Waals surface area (Å²) in [4.78, 5) is 0. The van der Waals surface area contributed by atoms with Crippen LogP contribution in [0.15, 0.2) is 24.3 Å². The first-order valence-corrected chi connectivity index (χ1v) is 5.15. The normalized spacial score (nSPS) is 10.7. The van der Waals surface area contributed by atoms with Crippen LogP contribution in [0.1, 0.15) is 17.7 Å². The molecule has 92 valence electrons. The topological polar surface area (TPSA) is 41.6 Å². The standard InChI is InChI=1S/C11H5ClF3N3/c12-10-8(5-16)9(11(14)15)17-18(10)7-3-1-6(13)2-4-7/h1-4,11H. The highest BCUT2D eigenvalue weighted by atomic mass is 35.5. The fourth-order valence-corrected chi connectivity index (χ4v) is 1.70. The molecule has 18 heavy (non-hydrogen) atoms. The minimum Gasteiger partial charge on any atom is -0.220 e. The molecule has 0 atom stereocenters. The van der Waals surface area contributed by atoms with Crippen LogP contribution < -0.4 is 0 Å². The van der Waals surface area contributed by atoms with Crippen LogP contribution in [-0.2, 0) is 0 Å². The van der Waals surface area contributed by atoms with Crippen LogP contribution in [0.5, 0.6) is 0 Å². The van der Waals surface area contributed by atoms with Crippen molar-refractivity contribution in [1.82, 2.24) is 9.78 Å². The van der Waals surface area contributed by atoms with Gasteiger partial charge in [-0.1, -0.05) is 11.6 Å². The maximum Gasteiger partial charge on any atom is 0.283 e. The summed E-state index contributed by atoms with van der Waals surface area (Å²) in [6, 6.07) is 6.51. The van der Waals surface area contributed by atoms with Gasteiger partial charge in [0.05, 0.1) is 5.69 Å². The van der Waals surface area contributed by atoms with Gasteiger partial charge in [-0.25, -0.2) is 17.9 Å². The molecule has 1 aromatic carbocycles. The highest BCUT2D eigenvalue weighted by Crippen LogP contribution is 2.29. The summed E-state index contributed by atoms with van der Waals surface area (Å²) in [6.45, 7) is 0. The van der Waals surface area contributed by atoms with Crippen molar-refractivity contribution in [3.8, 4) is 11.8 Å². The molecule has 0 saturated carbocycles. The van der Waals surface area contributed by atoms with E-state index in [4.69, 9.17) is 16.9 Å². The average Bonchev–Trinajstić information content (AvgIpc) is 2.67. The molecule has 0 spiro atoms. The molecule has 0 bridgehead atoms. The second kappa shape index (κ2) is 4.70. The van der Waals surface area contributed by atoms with Gasteiger partial charge in [-0.15, -0.1) is 0 Å². The SMILES string of the molecule is N#Cc1c(C(F)F)nn(-c2ccc(F)cc2)c1Cl. The minimum atomic E-state index is -2.90. The predicted octanol–water partition coefficient (Wildman–Crippen LogP) is 3.47. The van der Waals surface area contributed by atoms with Crippen LogP contribution in [0, 0.1) is 17.1 Å². The van der Waals surface area contributed by atoms with E-state index in [2.05, 4.69) is 5.10 Å². The van der Waals surface area contributed by atoms with E-state index in [1.165, 1.54) is 12.1 Å². The van der Waals surface area contributed by atoms with Crippen LogP contribution in [0.4, 0.5) is 13.2 Å². The fraction of sp³-hybridized carbons (Fsp3) is 0.0909. The molecule has 1 heterocycles. The van der Waals surface area contributed by atoms with Gasteiger partial charge < -0.3 is 0 Å². The lowest BCUT2D eigenvalue weighted by molar-refractivity contribution is 0.145. The van der Waals surface area contributed by atoms with E-state index >= 15 is 0 Å². The maximum absolute atomic E-state index is 12.7. The Kier molecular flexibility index (Phi) is 3.26. The summed E-state index contributed by atoms with van der Waals surface area (Å²) in [6.07, 6.45) is -2.90. The summed E-state index contributed by atoms with van der Waals surface area (Å²) in [7, 11) is 0. The van der Waals surface area contributed by atoms with E-state index in [1.807, 2.05) is 0 Å². The van der Waals surface area contributed by atoms with Crippen LogP contribution in [0.3, 0.4) is 0 Å². The van der Waals surface area contributed by atoms with E-state index in [0.29, 0.717) is 5.69 Å². The molecule has 2 rings (SSSR count). The average molecular weight is 272 g/mol. The van der Waals surface area contributed by atoms with Crippen molar-refractivity contribution in [2.75, 3.05) is 0 Å². The molecule has 0 N–H and O–H groups in total. The molecule has 0 aliphatic rings. The first-order valence-electron chi connectivity index (χ1n) is 4.77. The Bertz CT molecular complexity index is 614. The van der Waals surface area contributed by atoms with Gasteiger partial charge in [0, 0.05) is 0 Å². The van der Waals surface area contributed by atoms with Crippen LogP contribution in [0.25, 0.3) is 5.69 Å². The Morgan fingerprint density at radius 1 is 1.28 bits per heavy atom. The Balaban J connectivity index is 2.59. The predicted molar refractivity (Wildman–Crippen MR) is 58.2 cm³/mol. The van der Waals surface area contributed by atoms with E-state index < -0.39 is 17.9 Å². The van der Waals surface area contributed by atoms with Crippen molar-refractivity contribution < 1.29 is 13.2 Å². The molecule has 2 aromatic rings. The second-order valence-corrected chi connectivity index (χ2v) is 3.71. The third-order valence-corrected chi connectivity index (χ3v) is 2.59. The van der Waals surface area contributed by atoms with Gasteiger partial charge in [-0.2, -0.15) is 10.4 Å². The van der Waals surface area contributed by atoms with Crippen molar-refractivity contribution in [2.45, 2.75) is 6.43 Å². The highest BCUT2D eigenvalue weighted by Gasteiger charge is 2.23. The molecule has 7 heteroatoms. The van der Waals surface area contributed by atoms with Crippen LogP contribution in [0.2, 0.25) is 5.15 Å². The molecular formula is C11H5ClF3N3. The zero-order chi connectivity index (χ0) is 13.3. The number of nitrogens with zero attached hydrogens (tertiary/aromatic N) is 3. The minimum absolute atomic E-state index is 0.223. The van der Waals surface area contributed by atoms with Crippen molar-refractivity contribution >= 4 is 11.6 Å². The molecule has 1 aromatic heterocycles. The summed E-state index contributed by atoms with van der Waals surface area (Å²) >= 11 is 5.80. The number of nitriles is 1.